The summed E-state index contributed by atoms with van der Waals surface area (Å²) in [4.78, 5) is 9.24. The Morgan fingerprint density at radius 2 is 0.900 bits per heavy atom. The van der Waals surface area contributed by atoms with Crippen molar-refractivity contribution in [2.24, 2.45) is 0 Å². The van der Waals surface area contributed by atoms with Crippen molar-refractivity contribution in [3.05, 3.63) is 36.7 Å². The van der Waals surface area contributed by atoms with Crippen LogP contribution in [0.5, 0.6) is 0 Å². The van der Waals surface area contributed by atoms with E-state index in [0.717, 1.165) is 73.9 Å². The average molecular weight is 449 g/mol. The largest absolute Gasteiger partial charge is 0.393 e. The first-order chi connectivity index (χ1) is 14.7. The first-order valence-electron chi connectivity index (χ1n) is 11.1. The Morgan fingerprint density at radius 3 is 1.13 bits per heavy atom. The highest BCUT2D eigenvalue weighted by Gasteiger charge is 2.19. The summed E-state index contributed by atoms with van der Waals surface area (Å²) in [5, 5.41) is 2.12. The highest BCUT2D eigenvalue weighted by Crippen LogP contribution is 2.12. The van der Waals surface area contributed by atoms with Crippen LogP contribution in [0.15, 0.2) is 36.7 Å². The molecular formula is C22H36N2O4Si2. The fraction of sp³-hybridized carbons (Fsp3) is 0.545. The zero-order valence-electron chi connectivity index (χ0n) is 18.8. The summed E-state index contributed by atoms with van der Waals surface area (Å²) < 4.78 is 23.9. The second kappa shape index (κ2) is 14.6. The van der Waals surface area contributed by atoms with Crippen LogP contribution in [0, 0.1) is 0 Å². The Labute approximate surface area is 184 Å². The van der Waals surface area contributed by atoms with E-state index in [1.54, 1.807) is 0 Å². The molecular weight excluding hydrogens is 412 g/mol. The van der Waals surface area contributed by atoms with Crippen LogP contribution in [0.3, 0.4) is 0 Å². The molecule has 166 valence electrons. The van der Waals surface area contributed by atoms with Gasteiger partial charge < -0.3 is 17.7 Å². The lowest BCUT2D eigenvalue weighted by Crippen LogP contribution is -2.38. The lowest BCUT2D eigenvalue weighted by atomic mass is 10.2. The monoisotopic (exact) mass is 448 g/mol. The van der Waals surface area contributed by atoms with E-state index >= 15 is 0 Å². The van der Waals surface area contributed by atoms with Crippen molar-refractivity contribution in [2.45, 2.75) is 53.4 Å². The second-order valence-electron chi connectivity index (χ2n) is 7.10. The van der Waals surface area contributed by atoms with E-state index in [1.807, 2.05) is 24.5 Å². The van der Waals surface area contributed by atoms with Crippen LogP contribution in [0.25, 0.3) is 11.4 Å². The predicted octanol–water partition coefficient (Wildman–Crippen LogP) is 2.71. The van der Waals surface area contributed by atoms with E-state index in [-0.39, 0.29) is 0 Å². The predicted molar refractivity (Wildman–Crippen MR) is 126 cm³/mol. The van der Waals surface area contributed by atoms with E-state index in [4.69, 9.17) is 17.7 Å². The minimum atomic E-state index is -1.90. The van der Waals surface area contributed by atoms with E-state index < -0.39 is 18.6 Å². The Balaban J connectivity index is 2.09. The van der Waals surface area contributed by atoms with Crippen LogP contribution in [-0.2, 0) is 17.7 Å². The molecule has 0 atom stereocenters. The first kappa shape index (κ1) is 24.8. The van der Waals surface area contributed by atoms with Crippen LogP contribution < -0.4 is 10.4 Å². The molecule has 0 aliphatic carbocycles. The molecule has 6 nitrogen and oxygen atoms in total. The third kappa shape index (κ3) is 8.01. The van der Waals surface area contributed by atoms with E-state index in [9.17, 15) is 0 Å². The van der Waals surface area contributed by atoms with Crippen molar-refractivity contribution in [3.8, 4) is 11.4 Å². The molecule has 30 heavy (non-hydrogen) atoms. The SMILES string of the molecule is CCCO[SiH](OCCC)c1ccc(-c2ccc([SiH](OCCC)OCCC)cn2)nc1. The summed E-state index contributed by atoms with van der Waals surface area (Å²) in [6, 6.07) is 8.12. The first-order valence-corrected chi connectivity index (χ1v) is 14.2. The molecule has 0 amide bonds. The summed E-state index contributed by atoms with van der Waals surface area (Å²) in [5.74, 6) is 0. The number of aromatic nitrogens is 2. The minimum absolute atomic E-state index is 0.719. The van der Waals surface area contributed by atoms with Gasteiger partial charge in [0.15, 0.2) is 0 Å². The summed E-state index contributed by atoms with van der Waals surface area (Å²) in [5.41, 5.74) is 1.68. The molecule has 0 bridgehead atoms. The van der Waals surface area contributed by atoms with Gasteiger partial charge >= 0.3 is 18.6 Å². The van der Waals surface area contributed by atoms with Crippen LogP contribution in [0.1, 0.15) is 53.4 Å². The Bertz CT molecular complexity index is 624. The molecule has 2 aromatic rings. The van der Waals surface area contributed by atoms with Crippen molar-refractivity contribution in [2.75, 3.05) is 26.4 Å². The van der Waals surface area contributed by atoms with E-state index in [2.05, 4.69) is 49.8 Å². The normalized spacial score (nSPS) is 11.5. The molecule has 2 heterocycles. The summed E-state index contributed by atoms with van der Waals surface area (Å²) in [7, 11) is -3.79. The maximum atomic E-state index is 5.97. The number of rotatable bonds is 15. The lowest BCUT2D eigenvalue weighted by molar-refractivity contribution is 0.207. The number of pyridine rings is 2. The molecule has 0 N–H and O–H groups in total. The minimum Gasteiger partial charge on any atom is -0.393 e. The summed E-state index contributed by atoms with van der Waals surface area (Å²) >= 11 is 0. The fourth-order valence-corrected chi connectivity index (χ4v) is 6.43. The van der Waals surface area contributed by atoms with Crippen molar-refractivity contribution in [3.63, 3.8) is 0 Å². The molecule has 0 aliphatic rings. The number of hydrogen-bond donors (Lipinski definition) is 0. The highest BCUT2D eigenvalue weighted by molar-refractivity contribution is 6.61. The Morgan fingerprint density at radius 1 is 0.567 bits per heavy atom. The molecule has 8 heteroatoms. The van der Waals surface area contributed by atoms with Gasteiger partial charge in [0.05, 0.1) is 11.4 Å². The van der Waals surface area contributed by atoms with Crippen molar-refractivity contribution in [1.82, 2.24) is 9.97 Å². The summed E-state index contributed by atoms with van der Waals surface area (Å²) in [6.07, 6.45) is 7.67. The molecule has 0 saturated carbocycles. The maximum Gasteiger partial charge on any atom is 0.357 e. The Hall–Kier alpha value is -1.43. The van der Waals surface area contributed by atoms with Crippen LogP contribution in [-0.4, -0.2) is 55.0 Å². The third-order valence-corrected chi connectivity index (χ3v) is 8.20. The van der Waals surface area contributed by atoms with Gasteiger partial charge in [-0.3, -0.25) is 9.97 Å². The number of nitrogens with zero attached hydrogens (tertiary/aromatic N) is 2. The van der Waals surface area contributed by atoms with Gasteiger partial charge in [0.1, 0.15) is 0 Å². The van der Waals surface area contributed by atoms with Gasteiger partial charge in [0.25, 0.3) is 0 Å². The van der Waals surface area contributed by atoms with Gasteiger partial charge in [0, 0.05) is 49.2 Å². The van der Waals surface area contributed by atoms with Gasteiger partial charge in [-0.05, 0) is 37.8 Å². The molecule has 0 aromatic carbocycles. The lowest BCUT2D eigenvalue weighted by Gasteiger charge is -2.17. The molecule has 2 rings (SSSR count). The fourth-order valence-electron chi connectivity index (χ4n) is 2.77. The molecule has 0 aliphatic heterocycles. The molecule has 0 unspecified atom stereocenters. The third-order valence-electron chi connectivity index (χ3n) is 4.27. The quantitative estimate of drug-likeness (QED) is 0.391. The molecule has 0 saturated heterocycles. The maximum absolute atomic E-state index is 5.97. The van der Waals surface area contributed by atoms with Crippen LogP contribution in [0.4, 0.5) is 0 Å². The summed E-state index contributed by atoms with van der Waals surface area (Å²) in [6.45, 7) is 11.3. The smallest absolute Gasteiger partial charge is 0.357 e. The van der Waals surface area contributed by atoms with E-state index in [1.165, 1.54) is 0 Å². The molecule has 0 radical (unpaired) electrons. The molecule has 0 spiro atoms. The highest BCUT2D eigenvalue weighted by atomic mass is 28.3. The average Bonchev–Trinajstić information content (AvgIpc) is 2.80. The van der Waals surface area contributed by atoms with Gasteiger partial charge in [-0.25, -0.2) is 0 Å². The van der Waals surface area contributed by atoms with Gasteiger partial charge in [-0.15, -0.1) is 0 Å². The van der Waals surface area contributed by atoms with Crippen molar-refractivity contribution >= 4 is 28.9 Å². The molecule has 2 aromatic heterocycles. The zero-order chi connectivity index (χ0) is 21.6. The van der Waals surface area contributed by atoms with Gasteiger partial charge in [0.2, 0.25) is 0 Å². The zero-order valence-corrected chi connectivity index (χ0v) is 21.1. The van der Waals surface area contributed by atoms with Gasteiger partial charge in [-0.1, -0.05) is 39.8 Å². The van der Waals surface area contributed by atoms with Crippen molar-refractivity contribution in [1.29, 1.82) is 0 Å². The van der Waals surface area contributed by atoms with Crippen LogP contribution >= 0.6 is 0 Å². The van der Waals surface area contributed by atoms with E-state index in [0.29, 0.717) is 0 Å². The standard InChI is InChI=1S/C22H36N2O4Si2/c1-5-13-25-29(26-14-6-2)19-9-11-21(23-17-19)22-12-10-20(18-24-22)30(27-15-7-3)28-16-8-4/h9-12,17-18,29-30H,5-8,13-16H2,1-4H3. The Kier molecular flexibility index (Phi) is 12.1. The number of hydrogen-bond acceptors (Lipinski definition) is 6. The topological polar surface area (TPSA) is 62.7 Å². The van der Waals surface area contributed by atoms with Crippen molar-refractivity contribution < 1.29 is 17.7 Å². The molecule has 0 fully saturated rings. The van der Waals surface area contributed by atoms with Crippen LogP contribution in [0.2, 0.25) is 0 Å². The second-order valence-corrected chi connectivity index (χ2v) is 11.1. The van der Waals surface area contributed by atoms with Gasteiger partial charge in [-0.2, -0.15) is 0 Å².